The predicted molar refractivity (Wildman–Crippen MR) is 57.1 cm³/mol. The van der Waals surface area contributed by atoms with Crippen LogP contribution in [0.3, 0.4) is 0 Å². The molecule has 0 bridgehead atoms. The highest BCUT2D eigenvalue weighted by Gasteiger charge is 2.37. The molecule has 0 unspecified atom stereocenters. The average Bonchev–Trinajstić information content (AvgIpc) is 2.17. The number of rotatable bonds is 4. The standard InChI is InChI=1S/C12H16O3/c1-2-12(7-14-8-12)9-15-11-5-3-4-10(13)6-11/h3-6,13H,2,7-9H2,1H3. The highest BCUT2D eigenvalue weighted by Crippen LogP contribution is 2.32. The van der Waals surface area contributed by atoms with E-state index in [1.165, 1.54) is 0 Å². The van der Waals surface area contributed by atoms with Gasteiger partial charge in [0, 0.05) is 6.07 Å². The normalized spacial score (nSPS) is 18.2. The third-order valence-electron chi connectivity index (χ3n) is 2.93. The van der Waals surface area contributed by atoms with Gasteiger partial charge in [-0.2, -0.15) is 0 Å². The van der Waals surface area contributed by atoms with Gasteiger partial charge in [-0.15, -0.1) is 0 Å². The van der Waals surface area contributed by atoms with Gasteiger partial charge in [-0.3, -0.25) is 0 Å². The third-order valence-corrected chi connectivity index (χ3v) is 2.93. The molecule has 3 nitrogen and oxygen atoms in total. The predicted octanol–water partition coefficient (Wildman–Crippen LogP) is 2.20. The number of aromatic hydroxyl groups is 1. The van der Waals surface area contributed by atoms with E-state index < -0.39 is 0 Å². The first kappa shape index (κ1) is 10.3. The van der Waals surface area contributed by atoms with Crippen LogP contribution >= 0.6 is 0 Å². The summed E-state index contributed by atoms with van der Waals surface area (Å²) >= 11 is 0. The van der Waals surface area contributed by atoms with E-state index in [4.69, 9.17) is 9.47 Å². The molecular weight excluding hydrogens is 192 g/mol. The average molecular weight is 208 g/mol. The molecule has 3 heteroatoms. The SMILES string of the molecule is CCC1(COc2cccc(O)c2)COC1. The van der Waals surface area contributed by atoms with Crippen LogP contribution in [0.15, 0.2) is 24.3 Å². The van der Waals surface area contributed by atoms with Crippen molar-refractivity contribution in [3.63, 3.8) is 0 Å². The van der Waals surface area contributed by atoms with Gasteiger partial charge in [-0.25, -0.2) is 0 Å². The Balaban J connectivity index is 1.92. The number of phenols is 1. The second kappa shape index (κ2) is 4.11. The van der Waals surface area contributed by atoms with Gasteiger partial charge in [-0.05, 0) is 18.6 Å². The molecule has 0 spiro atoms. The molecule has 1 aromatic carbocycles. The Morgan fingerprint density at radius 2 is 2.27 bits per heavy atom. The van der Waals surface area contributed by atoms with Gasteiger partial charge in [0.2, 0.25) is 0 Å². The third kappa shape index (κ3) is 2.23. The Labute approximate surface area is 89.6 Å². The topological polar surface area (TPSA) is 38.7 Å². The Morgan fingerprint density at radius 1 is 1.47 bits per heavy atom. The highest BCUT2D eigenvalue weighted by atomic mass is 16.5. The Kier molecular flexibility index (Phi) is 2.82. The van der Waals surface area contributed by atoms with Gasteiger partial charge in [0.25, 0.3) is 0 Å². The van der Waals surface area contributed by atoms with Crippen LogP contribution in [-0.2, 0) is 4.74 Å². The summed E-state index contributed by atoms with van der Waals surface area (Å²) in [7, 11) is 0. The van der Waals surface area contributed by atoms with Crippen molar-refractivity contribution in [3.05, 3.63) is 24.3 Å². The van der Waals surface area contributed by atoms with Crippen molar-refractivity contribution < 1.29 is 14.6 Å². The lowest BCUT2D eigenvalue weighted by atomic mass is 9.84. The van der Waals surface area contributed by atoms with Crippen LogP contribution in [0.1, 0.15) is 13.3 Å². The molecule has 0 radical (unpaired) electrons. The zero-order chi connectivity index (χ0) is 10.7. The zero-order valence-electron chi connectivity index (χ0n) is 8.90. The maximum absolute atomic E-state index is 9.27. The summed E-state index contributed by atoms with van der Waals surface area (Å²) in [4.78, 5) is 0. The summed E-state index contributed by atoms with van der Waals surface area (Å²) in [6.07, 6.45) is 1.06. The number of hydrogen-bond donors (Lipinski definition) is 1. The van der Waals surface area contributed by atoms with Gasteiger partial charge < -0.3 is 14.6 Å². The molecule has 0 aliphatic carbocycles. The smallest absolute Gasteiger partial charge is 0.123 e. The molecule has 1 aliphatic heterocycles. The summed E-state index contributed by atoms with van der Waals surface area (Å²) in [5, 5.41) is 9.27. The molecule has 0 amide bonds. The molecule has 0 atom stereocenters. The molecule has 1 N–H and O–H groups in total. The van der Waals surface area contributed by atoms with E-state index in [-0.39, 0.29) is 11.2 Å². The van der Waals surface area contributed by atoms with E-state index >= 15 is 0 Å². The molecule has 82 valence electrons. The molecule has 1 aliphatic rings. The lowest BCUT2D eigenvalue weighted by Crippen LogP contribution is -2.46. The van der Waals surface area contributed by atoms with Crippen LogP contribution in [0.25, 0.3) is 0 Å². The fraction of sp³-hybridized carbons (Fsp3) is 0.500. The first-order valence-corrected chi connectivity index (χ1v) is 5.24. The van der Waals surface area contributed by atoms with Crippen molar-refractivity contribution in [2.24, 2.45) is 5.41 Å². The number of ether oxygens (including phenoxy) is 2. The maximum Gasteiger partial charge on any atom is 0.123 e. The molecule has 1 saturated heterocycles. The van der Waals surface area contributed by atoms with E-state index in [0.29, 0.717) is 6.61 Å². The molecule has 1 heterocycles. The Bertz CT molecular complexity index is 326. The van der Waals surface area contributed by atoms with Crippen molar-refractivity contribution in [1.29, 1.82) is 0 Å². The monoisotopic (exact) mass is 208 g/mol. The van der Waals surface area contributed by atoms with Gasteiger partial charge in [-0.1, -0.05) is 13.0 Å². The minimum atomic E-state index is 0.186. The van der Waals surface area contributed by atoms with Crippen molar-refractivity contribution in [2.45, 2.75) is 13.3 Å². The van der Waals surface area contributed by atoms with E-state index in [2.05, 4.69) is 6.92 Å². The quantitative estimate of drug-likeness (QED) is 0.824. The summed E-state index contributed by atoms with van der Waals surface area (Å²) in [6, 6.07) is 6.89. The van der Waals surface area contributed by atoms with Crippen molar-refractivity contribution in [2.75, 3.05) is 19.8 Å². The molecule has 0 saturated carbocycles. The molecule has 1 fully saturated rings. The second-order valence-corrected chi connectivity index (χ2v) is 4.13. The summed E-state index contributed by atoms with van der Waals surface area (Å²) in [6.45, 7) is 4.37. The van der Waals surface area contributed by atoms with E-state index in [0.717, 1.165) is 25.4 Å². The minimum absolute atomic E-state index is 0.186. The van der Waals surface area contributed by atoms with E-state index in [9.17, 15) is 5.11 Å². The molecule has 1 aromatic rings. The number of benzene rings is 1. The fourth-order valence-corrected chi connectivity index (χ4v) is 1.59. The van der Waals surface area contributed by atoms with Gasteiger partial charge in [0.1, 0.15) is 11.5 Å². The Morgan fingerprint density at radius 3 is 2.80 bits per heavy atom. The van der Waals surface area contributed by atoms with Crippen LogP contribution in [0, 0.1) is 5.41 Å². The molecule has 15 heavy (non-hydrogen) atoms. The molecular formula is C12H16O3. The number of hydrogen-bond acceptors (Lipinski definition) is 3. The summed E-state index contributed by atoms with van der Waals surface area (Å²) in [5.41, 5.74) is 0.186. The van der Waals surface area contributed by atoms with Crippen LogP contribution in [0.5, 0.6) is 11.5 Å². The Hall–Kier alpha value is -1.22. The minimum Gasteiger partial charge on any atom is -0.508 e. The van der Waals surface area contributed by atoms with Crippen LogP contribution in [-0.4, -0.2) is 24.9 Å². The lowest BCUT2D eigenvalue weighted by Gasteiger charge is -2.40. The van der Waals surface area contributed by atoms with Crippen LogP contribution in [0.4, 0.5) is 0 Å². The van der Waals surface area contributed by atoms with Crippen LogP contribution in [0.2, 0.25) is 0 Å². The highest BCUT2D eigenvalue weighted by molar-refractivity contribution is 5.31. The summed E-state index contributed by atoms with van der Waals surface area (Å²) < 4.78 is 10.9. The van der Waals surface area contributed by atoms with Crippen molar-refractivity contribution >= 4 is 0 Å². The largest absolute Gasteiger partial charge is 0.508 e. The van der Waals surface area contributed by atoms with Gasteiger partial charge >= 0.3 is 0 Å². The first-order valence-electron chi connectivity index (χ1n) is 5.24. The van der Waals surface area contributed by atoms with Crippen molar-refractivity contribution in [1.82, 2.24) is 0 Å². The fourth-order valence-electron chi connectivity index (χ4n) is 1.59. The zero-order valence-corrected chi connectivity index (χ0v) is 8.90. The number of phenolic OH excluding ortho intramolecular Hbond substituents is 1. The maximum atomic E-state index is 9.27. The van der Waals surface area contributed by atoms with Gasteiger partial charge in [0.15, 0.2) is 0 Å². The van der Waals surface area contributed by atoms with E-state index in [1.807, 2.05) is 6.07 Å². The van der Waals surface area contributed by atoms with E-state index in [1.54, 1.807) is 18.2 Å². The summed E-state index contributed by atoms with van der Waals surface area (Å²) in [5.74, 6) is 0.956. The second-order valence-electron chi connectivity index (χ2n) is 4.13. The molecule has 0 aromatic heterocycles. The lowest BCUT2D eigenvalue weighted by molar-refractivity contribution is -0.133. The van der Waals surface area contributed by atoms with Crippen LogP contribution < -0.4 is 4.74 Å². The van der Waals surface area contributed by atoms with Crippen molar-refractivity contribution in [3.8, 4) is 11.5 Å². The molecule has 2 rings (SSSR count). The van der Waals surface area contributed by atoms with Gasteiger partial charge in [0.05, 0.1) is 25.2 Å². The first-order chi connectivity index (χ1) is 7.24.